The van der Waals surface area contributed by atoms with Crippen LogP contribution in [0.2, 0.25) is 5.02 Å². The molecule has 6 heteroatoms. The first-order valence-corrected chi connectivity index (χ1v) is 10.2. The van der Waals surface area contributed by atoms with Crippen molar-refractivity contribution in [3.8, 4) is 22.6 Å². The zero-order valence-electron chi connectivity index (χ0n) is 17.3. The summed E-state index contributed by atoms with van der Waals surface area (Å²) in [5.41, 5.74) is 2.55. The van der Waals surface area contributed by atoms with Gasteiger partial charge in [0.05, 0.1) is 15.2 Å². The van der Waals surface area contributed by atoms with Crippen molar-refractivity contribution >= 4 is 39.1 Å². The van der Waals surface area contributed by atoms with Crippen molar-refractivity contribution in [1.29, 1.82) is 0 Å². The summed E-state index contributed by atoms with van der Waals surface area (Å²) in [6.45, 7) is 13.5. The van der Waals surface area contributed by atoms with E-state index in [0.29, 0.717) is 20.7 Å². The molecule has 0 unspecified atom stereocenters. The molecule has 28 heavy (non-hydrogen) atoms. The number of carbonyl (C=O) groups is 1. The van der Waals surface area contributed by atoms with E-state index in [1.54, 1.807) is 6.07 Å². The highest BCUT2D eigenvalue weighted by atomic mass is 79.9. The van der Waals surface area contributed by atoms with Gasteiger partial charge in [-0.1, -0.05) is 53.1 Å². The number of benzene rings is 2. The molecule has 4 nitrogen and oxygen atoms in total. The molecule has 0 aromatic heterocycles. The fourth-order valence-corrected chi connectivity index (χ4v) is 3.94. The quantitative estimate of drug-likeness (QED) is 0.457. The molecule has 1 amide bonds. The lowest BCUT2D eigenvalue weighted by Crippen LogP contribution is -2.17. The lowest BCUT2D eigenvalue weighted by Gasteiger charge is -2.28. The maximum Gasteiger partial charge on any atom is 0.221 e. The van der Waals surface area contributed by atoms with Gasteiger partial charge in [-0.05, 0) is 50.5 Å². The Morgan fingerprint density at radius 1 is 0.964 bits per heavy atom. The number of nitrogens with one attached hydrogen (secondary N) is 1. The predicted octanol–water partition coefficient (Wildman–Crippen LogP) is 6.73. The molecule has 2 aromatic rings. The van der Waals surface area contributed by atoms with Gasteiger partial charge in [0.25, 0.3) is 0 Å². The summed E-state index contributed by atoms with van der Waals surface area (Å²) in [4.78, 5) is 11.4. The molecule has 0 aliphatic heterocycles. The van der Waals surface area contributed by atoms with E-state index in [-0.39, 0.29) is 28.2 Å². The first-order chi connectivity index (χ1) is 12.6. The Morgan fingerprint density at radius 2 is 1.43 bits per heavy atom. The summed E-state index contributed by atoms with van der Waals surface area (Å²) in [6, 6.07) is 5.37. The van der Waals surface area contributed by atoms with E-state index >= 15 is 0 Å². The lowest BCUT2D eigenvalue weighted by molar-refractivity contribution is -0.114. The molecule has 0 saturated heterocycles. The number of aromatic hydroxyl groups is 2. The Balaban J connectivity index is 2.84. The second-order valence-electron chi connectivity index (χ2n) is 9.04. The minimum Gasteiger partial charge on any atom is -0.507 e. The molecule has 0 fully saturated rings. The van der Waals surface area contributed by atoms with Gasteiger partial charge in [-0.2, -0.15) is 0 Å². The molecule has 2 aromatic carbocycles. The van der Waals surface area contributed by atoms with E-state index in [0.717, 1.165) is 16.7 Å². The number of amides is 1. The summed E-state index contributed by atoms with van der Waals surface area (Å²) < 4.78 is 0.313. The van der Waals surface area contributed by atoms with E-state index in [2.05, 4.69) is 21.2 Å². The topological polar surface area (TPSA) is 69.6 Å². The third-order valence-electron chi connectivity index (χ3n) is 4.53. The molecule has 0 heterocycles. The molecule has 2 rings (SSSR count). The Bertz CT molecular complexity index is 905. The van der Waals surface area contributed by atoms with Crippen LogP contribution in [0.25, 0.3) is 11.1 Å². The number of hydrogen-bond acceptors (Lipinski definition) is 3. The average molecular weight is 469 g/mol. The van der Waals surface area contributed by atoms with Crippen molar-refractivity contribution in [2.75, 3.05) is 5.32 Å². The first kappa shape index (κ1) is 22.6. The van der Waals surface area contributed by atoms with Gasteiger partial charge >= 0.3 is 0 Å². The SMILES string of the molecule is CC(=O)Nc1c(Cl)cc(-c2cc(C(C)(C)C)c(O)c(C(C)(C)C)c2)c(O)c1Br. The summed E-state index contributed by atoms with van der Waals surface area (Å²) in [6.07, 6.45) is 0. The molecule has 0 radical (unpaired) electrons. The van der Waals surface area contributed by atoms with E-state index in [1.807, 2.05) is 53.7 Å². The Kier molecular flexibility index (Phi) is 6.13. The third-order valence-corrected chi connectivity index (χ3v) is 5.60. The van der Waals surface area contributed by atoms with Crippen molar-refractivity contribution in [3.63, 3.8) is 0 Å². The smallest absolute Gasteiger partial charge is 0.221 e. The first-order valence-electron chi connectivity index (χ1n) is 9.01. The zero-order valence-corrected chi connectivity index (χ0v) is 19.6. The molecular formula is C22H27BrClNO3. The van der Waals surface area contributed by atoms with Gasteiger partial charge in [0.2, 0.25) is 5.91 Å². The van der Waals surface area contributed by atoms with Crippen LogP contribution in [0.4, 0.5) is 5.69 Å². The largest absolute Gasteiger partial charge is 0.507 e. The number of carbonyl (C=O) groups excluding carboxylic acids is 1. The minimum absolute atomic E-state index is 0.0291. The van der Waals surface area contributed by atoms with Crippen LogP contribution in [0.3, 0.4) is 0 Å². The van der Waals surface area contributed by atoms with Crippen LogP contribution in [-0.2, 0) is 15.6 Å². The Hall–Kier alpha value is -1.72. The molecule has 3 N–H and O–H groups in total. The lowest BCUT2D eigenvalue weighted by atomic mass is 9.77. The third kappa shape index (κ3) is 4.47. The van der Waals surface area contributed by atoms with Gasteiger partial charge in [-0.3, -0.25) is 4.79 Å². The second kappa shape index (κ2) is 7.60. The summed E-state index contributed by atoms with van der Waals surface area (Å²) >= 11 is 9.73. The van der Waals surface area contributed by atoms with Crippen molar-refractivity contribution in [3.05, 3.63) is 38.8 Å². The van der Waals surface area contributed by atoms with Crippen molar-refractivity contribution < 1.29 is 15.0 Å². The monoisotopic (exact) mass is 467 g/mol. The fourth-order valence-electron chi connectivity index (χ4n) is 3.05. The minimum atomic E-state index is -0.299. The Labute approximate surface area is 180 Å². The predicted molar refractivity (Wildman–Crippen MR) is 120 cm³/mol. The van der Waals surface area contributed by atoms with Crippen molar-refractivity contribution in [2.24, 2.45) is 0 Å². The van der Waals surface area contributed by atoms with Crippen LogP contribution in [-0.4, -0.2) is 16.1 Å². The van der Waals surface area contributed by atoms with E-state index in [4.69, 9.17) is 11.6 Å². The number of anilines is 1. The number of halogens is 2. The van der Waals surface area contributed by atoms with Crippen LogP contribution in [0.5, 0.6) is 11.5 Å². The van der Waals surface area contributed by atoms with E-state index < -0.39 is 0 Å². The van der Waals surface area contributed by atoms with Crippen LogP contribution in [0.1, 0.15) is 59.6 Å². The standard InChI is InChI=1S/C22H27BrClNO3/c1-11(26)25-18-16(24)10-13(19(27)17(18)23)12-8-14(21(2,3)4)20(28)15(9-12)22(5,6)7/h8-10,27-28H,1-7H3,(H,25,26). The van der Waals surface area contributed by atoms with Crippen LogP contribution in [0, 0.1) is 0 Å². The molecule has 0 saturated carbocycles. The second-order valence-corrected chi connectivity index (χ2v) is 10.2. The highest BCUT2D eigenvalue weighted by molar-refractivity contribution is 9.10. The average Bonchev–Trinajstić information content (AvgIpc) is 2.53. The molecule has 0 aliphatic carbocycles. The number of hydrogen-bond donors (Lipinski definition) is 3. The maximum atomic E-state index is 11.4. The highest BCUT2D eigenvalue weighted by Gasteiger charge is 2.28. The molecule has 152 valence electrons. The van der Waals surface area contributed by atoms with Crippen molar-refractivity contribution in [2.45, 2.75) is 59.3 Å². The molecule has 0 aliphatic rings. The van der Waals surface area contributed by atoms with Gasteiger partial charge in [-0.15, -0.1) is 0 Å². The van der Waals surface area contributed by atoms with Gasteiger partial charge in [-0.25, -0.2) is 0 Å². The van der Waals surface area contributed by atoms with Gasteiger partial charge in [0.1, 0.15) is 11.5 Å². The number of phenolic OH excluding ortho intramolecular Hbond substituents is 2. The Morgan fingerprint density at radius 3 is 1.82 bits per heavy atom. The zero-order chi connectivity index (χ0) is 21.6. The summed E-state index contributed by atoms with van der Waals surface area (Å²) in [5.74, 6) is -0.0498. The van der Waals surface area contributed by atoms with Crippen LogP contribution in [0.15, 0.2) is 22.7 Å². The molecule has 0 atom stereocenters. The summed E-state index contributed by atoms with van der Waals surface area (Å²) in [7, 11) is 0. The maximum absolute atomic E-state index is 11.4. The fraction of sp³-hybridized carbons (Fsp3) is 0.409. The van der Waals surface area contributed by atoms with Crippen molar-refractivity contribution in [1.82, 2.24) is 0 Å². The summed E-state index contributed by atoms with van der Waals surface area (Å²) in [5, 5.41) is 24.6. The normalized spacial score (nSPS) is 12.2. The molecular weight excluding hydrogens is 442 g/mol. The number of rotatable bonds is 2. The van der Waals surface area contributed by atoms with E-state index in [9.17, 15) is 15.0 Å². The number of phenols is 2. The van der Waals surface area contributed by atoms with Gasteiger partial charge in [0, 0.05) is 23.6 Å². The van der Waals surface area contributed by atoms with Gasteiger partial charge in [0.15, 0.2) is 0 Å². The highest BCUT2D eigenvalue weighted by Crippen LogP contribution is 2.48. The molecule has 0 spiro atoms. The molecule has 0 bridgehead atoms. The van der Waals surface area contributed by atoms with E-state index in [1.165, 1.54) is 6.92 Å². The van der Waals surface area contributed by atoms with Gasteiger partial charge < -0.3 is 15.5 Å². The van der Waals surface area contributed by atoms with Crippen LogP contribution < -0.4 is 5.32 Å². The van der Waals surface area contributed by atoms with Crippen LogP contribution >= 0.6 is 27.5 Å².